The fraction of sp³-hybridized carbons (Fsp3) is 0.933. The number of carbonyl (C=O) groups is 1. The van der Waals surface area contributed by atoms with Crippen molar-refractivity contribution in [1.82, 2.24) is 0 Å². The van der Waals surface area contributed by atoms with Crippen molar-refractivity contribution in [2.24, 2.45) is 17.8 Å². The summed E-state index contributed by atoms with van der Waals surface area (Å²) in [6.45, 7) is 5.35. The van der Waals surface area contributed by atoms with Gasteiger partial charge in [-0.05, 0) is 63.7 Å². The summed E-state index contributed by atoms with van der Waals surface area (Å²) in [6, 6.07) is 0. The molecule has 2 aliphatic carbocycles. The maximum atomic E-state index is 11.2. The summed E-state index contributed by atoms with van der Waals surface area (Å²) in [4.78, 5) is 11.2. The van der Waals surface area contributed by atoms with Crippen molar-refractivity contribution in [2.45, 2.75) is 71.0 Å². The van der Waals surface area contributed by atoms with Crippen LogP contribution in [-0.4, -0.2) is 22.8 Å². The molecule has 3 heteroatoms. The van der Waals surface area contributed by atoms with Gasteiger partial charge in [-0.2, -0.15) is 0 Å². The molecular weight excluding hydrogens is 228 g/mol. The summed E-state index contributed by atoms with van der Waals surface area (Å²) in [5, 5.41) is 10.3. The average molecular weight is 254 g/mol. The van der Waals surface area contributed by atoms with E-state index in [9.17, 15) is 9.90 Å². The zero-order valence-electron chi connectivity index (χ0n) is 11.8. The second kappa shape index (κ2) is 5.20. The molecule has 104 valence electrons. The lowest BCUT2D eigenvalue weighted by atomic mass is 9.60. The maximum Gasteiger partial charge on any atom is 0.302 e. The van der Waals surface area contributed by atoms with Crippen LogP contribution in [0.3, 0.4) is 0 Å². The van der Waals surface area contributed by atoms with Gasteiger partial charge in [-0.1, -0.05) is 6.42 Å². The molecule has 0 aromatic heterocycles. The number of aliphatic hydroxyl groups is 1. The molecule has 0 aliphatic heterocycles. The number of rotatable bonds is 2. The van der Waals surface area contributed by atoms with E-state index in [1.54, 1.807) is 0 Å². The first-order valence-electron chi connectivity index (χ1n) is 7.29. The standard InChI is InChI=1S/C15H26O3/c1-10(16)18-14-9-5-6-11-12(14)7-4-8-13(11)15(2,3)17/h11-14,17H,4-9H2,1-3H3/t11?,12?,13-,14-/m1/s1. The van der Waals surface area contributed by atoms with Gasteiger partial charge < -0.3 is 9.84 Å². The molecule has 1 N–H and O–H groups in total. The molecule has 0 saturated heterocycles. The monoisotopic (exact) mass is 254 g/mol. The van der Waals surface area contributed by atoms with Crippen LogP contribution in [0.15, 0.2) is 0 Å². The van der Waals surface area contributed by atoms with Crippen LogP contribution < -0.4 is 0 Å². The first kappa shape index (κ1) is 13.9. The van der Waals surface area contributed by atoms with E-state index >= 15 is 0 Å². The second-order valence-electron chi connectivity index (χ2n) is 6.60. The van der Waals surface area contributed by atoms with Crippen molar-refractivity contribution >= 4 is 5.97 Å². The first-order chi connectivity index (χ1) is 8.39. The van der Waals surface area contributed by atoms with Gasteiger partial charge in [-0.25, -0.2) is 0 Å². The van der Waals surface area contributed by atoms with Gasteiger partial charge in [0, 0.05) is 6.92 Å². The third-order valence-electron chi connectivity index (χ3n) is 4.85. The van der Waals surface area contributed by atoms with Gasteiger partial charge in [0.05, 0.1) is 5.60 Å². The van der Waals surface area contributed by atoms with Gasteiger partial charge in [-0.15, -0.1) is 0 Å². The lowest BCUT2D eigenvalue weighted by Gasteiger charge is -2.48. The molecule has 0 aromatic carbocycles. The minimum absolute atomic E-state index is 0.0893. The van der Waals surface area contributed by atoms with E-state index in [0.717, 1.165) is 32.1 Å². The van der Waals surface area contributed by atoms with E-state index in [0.29, 0.717) is 17.8 Å². The van der Waals surface area contributed by atoms with Crippen LogP contribution in [0.5, 0.6) is 0 Å². The Morgan fingerprint density at radius 3 is 2.33 bits per heavy atom. The molecule has 0 aromatic rings. The third-order valence-corrected chi connectivity index (χ3v) is 4.85. The van der Waals surface area contributed by atoms with Gasteiger partial charge in [-0.3, -0.25) is 4.79 Å². The van der Waals surface area contributed by atoms with Crippen molar-refractivity contribution in [2.75, 3.05) is 0 Å². The number of ether oxygens (including phenoxy) is 1. The van der Waals surface area contributed by atoms with Gasteiger partial charge >= 0.3 is 5.97 Å². The van der Waals surface area contributed by atoms with E-state index in [4.69, 9.17) is 4.74 Å². The Labute approximate surface area is 110 Å². The summed E-state index contributed by atoms with van der Waals surface area (Å²) in [7, 11) is 0. The Hall–Kier alpha value is -0.570. The lowest BCUT2D eigenvalue weighted by molar-refractivity contribution is -0.158. The minimum Gasteiger partial charge on any atom is -0.462 e. The van der Waals surface area contributed by atoms with Crippen LogP contribution in [0, 0.1) is 17.8 Å². The zero-order chi connectivity index (χ0) is 13.3. The predicted molar refractivity (Wildman–Crippen MR) is 70.0 cm³/mol. The molecule has 4 atom stereocenters. The van der Waals surface area contributed by atoms with Gasteiger partial charge in [0.1, 0.15) is 6.10 Å². The molecule has 0 amide bonds. The Balaban J connectivity index is 2.12. The zero-order valence-corrected chi connectivity index (χ0v) is 11.8. The fourth-order valence-corrected chi connectivity index (χ4v) is 4.18. The Morgan fingerprint density at radius 2 is 1.72 bits per heavy atom. The van der Waals surface area contributed by atoms with Crippen LogP contribution in [0.2, 0.25) is 0 Å². The molecular formula is C15H26O3. The maximum absolute atomic E-state index is 11.2. The molecule has 0 heterocycles. The van der Waals surface area contributed by atoms with E-state index < -0.39 is 5.60 Å². The Kier molecular flexibility index (Phi) is 4.00. The van der Waals surface area contributed by atoms with Crippen LogP contribution in [0.1, 0.15) is 59.3 Å². The highest BCUT2D eigenvalue weighted by molar-refractivity contribution is 5.66. The highest BCUT2D eigenvalue weighted by Gasteiger charge is 2.45. The predicted octanol–water partition coefficient (Wildman–Crippen LogP) is 2.91. The summed E-state index contributed by atoms with van der Waals surface area (Å²) >= 11 is 0. The average Bonchev–Trinajstić information content (AvgIpc) is 2.26. The van der Waals surface area contributed by atoms with E-state index in [-0.39, 0.29) is 12.1 Å². The number of hydrogen-bond donors (Lipinski definition) is 1. The van der Waals surface area contributed by atoms with Crippen LogP contribution in [0.4, 0.5) is 0 Å². The summed E-state index contributed by atoms with van der Waals surface area (Å²) < 4.78 is 5.50. The van der Waals surface area contributed by atoms with Crippen molar-refractivity contribution < 1.29 is 14.6 Å². The molecule has 2 rings (SSSR count). The molecule has 2 saturated carbocycles. The van der Waals surface area contributed by atoms with Crippen LogP contribution in [-0.2, 0) is 9.53 Å². The molecule has 2 aliphatic rings. The summed E-state index contributed by atoms with van der Waals surface area (Å²) in [6.07, 6.45) is 6.79. The Bertz CT molecular complexity index is 305. The normalized spacial score (nSPS) is 36.9. The largest absolute Gasteiger partial charge is 0.462 e. The molecule has 2 fully saturated rings. The third kappa shape index (κ3) is 2.87. The smallest absolute Gasteiger partial charge is 0.302 e. The molecule has 0 radical (unpaired) electrons. The highest BCUT2D eigenvalue weighted by Crippen LogP contribution is 2.48. The molecule has 18 heavy (non-hydrogen) atoms. The molecule has 0 spiro atoms. The Morgan fingerprint density at radius 1 is 1.11 bits per heavy atom. The fourth-order valence-electron chi connectivity index (χ4n) is 4.18. The van der Waals surface area contributed by atoms with Crippen LogP contribution in [0.25, 0.3) is 0 Å². The van der Waals surface area contributed by atoms with Crippen LogP contribution >= 0.6 is 0 Å². The topological polar surface area (TPSA) is 46.5 Å². The molecule has 2 unspecified atom stereocenters. The molecule has 3 nitrogen and oxygen atoms in total. The SMILES string of the molecule is CC(=O)O[C@@H]1CCCC2C1CCC[C@H]2C(C)(C)O. The molecule has 0 bridgehead atoms. The van der Waals surface area contributed by atoms with Gasteiger partial charge in [0.15, 0.2) is 0 Å². The van der Waals surface area contributed by atoms with Crippen molar-refractivity contribution in [3.05, 3.63) is 0 Å². The van der Waals surface area contributed by atoms with Gasteiger partial charge in [0.25, 0.3) is 0 Å². The van der Waals surface area contributed by atoms with Crippen molar-refractivity contribution in [3.8, 4) is 0 Å². The van der Waals surface area contributed by atoms with E-state index in [2.05, 4.69) is 0 Å². The first-order valence-corrected chi connectivity index (χ1v) is 7.29. The quantitative estimate of drug-likeness (QED) is 0.771. The van der Waals surface area contributed by atoms with E-state index in [1.807, 2.05) is 13.8 Å². The van der Waals surface area contributed by atoms with Crippen molar-refractivity contribution in [3.63, 3.8) is 0 Å². The number of esters is 1. The van der Waals surface area contributed by atoms with Crippen molar-refractivity contribution in [1.29, 1.82) is 0 Å². The second-order valence-corrected chi connectivity index (χ2v) is 6.60. The summed E-state index contributed by atoms with van der Waals surface area (Å²) in [5.74, 6) is 1.19. The summed E-state index contributed by atoms with van der Waals surface area (Å²) in [5.41, 5.74) is -0.610. The highest BCUT2D eigenvalue weighted by atomic mass is 16.5. The number of hydrogen-bond acceptors (Lipinski definition) is 3. The number of fused-ring (bicyclic) bond motifs is 1. The number of carbonyl (C=O) groups excluding carboxylic acids is 1. The van der Waals surface area contributed by atoms with Gasteiger partial charge in [0.2, 0.25) is 0 Å². The van der Waals surface area contributed by atoms with E-state index in [1.165, 1.54) is 13.3 Å². The minimum atomic E-state index is -0.610. The lowest BCUT2D eigenvalue weighted by Crippen LogP contribution is -2.47.